The molecule has 0 aliphatic carbocycles. The molecule has 8 nitrogen and oxygen atoms in total. The van der Waals surface area contributed by atoms with Gasteiger partial charge in [0.15, 0.2) is 5.75 Å². The average molecular weight is 587 g/mol. The maximum Gasteiger partial charge on any atom is 0.420 e. The van der Waals surface area contributed by atoms with E-state index in [4.69, 9.17) is 20.1 Å². The second-order valence-corrected chi connectivity index (χ2v) is 8.47. The third-order valence-corrected chi connectivity index (χ3v) is 4.84. The Bertz CT molecular complexity index is 1150. The van der Waals surface area contributed by atoms with E-state index in [1.807, 2.05) is 0 Å². The molecule has 39 heavy (non-hydrogen) atoms. The van der Waals surface area contributed by atoms with E-state index in [1.165, 1.54) is 0 Å². The molecule has 0 radical (unpaired) electrons. The number of anilines is 1. The van der Waals surface area contributed by atoms with Crippen LogP contribution >= 0.6 is 12.2 Å². The lowest BCUT2D eigenvalue weighted by molar-refractivity contribution is -0.143. The molecule has 0 heterocycles. The molecule has 16 heteroatoms. The van der Waals surface area contributed by atoms with Crippen molar-refractivity contribution >= 4 is 35.8 Å². The number of benzene rings is 2. The number of carbonyl (C=O) groups excluding carboxylic acids is 1. The van der Waals surface area contributed by atoms with Gasteiger partial charge in [0.2, 0.25) is 0 Å². The van der Waals surface area contributed by atoms with Crippen molar-refractivity contribution < 1.29 is 49.9 Å². The third-order valence-electron chi connectivity index (χ3n) is 4.51. The summed E-state index contributed by atoms with van der Waals surface area (Å²) in [6.07, 6.45) is -10.4. The molecule has 0 aliphatic heterocycles. The molecule has 0 unspecified atom stereocenters. The van der Waals surface area contributed by atoms with Crippen molar-refractivity contribution in [3.63, 3.8) is 0 Å². The minimum absolute atomic E-state index is 0.0347. The standard InChI is InChI=1S/C21H18F7N3O3.C2H7NOS/c1-31(15-4-2-14(22)3-5-15)19(33)34-18-16(12(10-29)11-30-6-7-32)8-13(20(23,24)25)9-17(18)21(26,27)28;1-3(2)5-4/h2-5,8-11,32H,6-7,29H2,1H3;4H,1-2H3/b12-10+,30-11?;. The summed E-state index contributed by atoms with van der Waals surface area (Å²) in [5.74, 6) is -1.89. The van der Waals surface area contributed by atoms with Crippen LogP contribution in [0.5, 0.6) is 5.75 Å². The maximum atomic E-state index is 13.8. The van der Waals surface area contributed by atoms with Gasteiger partial charge in [-0.05, 0) is 50.5 Å². The highest BCUT2D eigenvalue weighted by Gasteiger charge is 2.41. The van der Waals surface area contributed by atoms with E-state index in [2.05, 4.69) is 4.99 Å². The first kappa shape index (κ1) is 33.7. The van der Waals surface area contributed by atoms with Gasteiger partial charge in [-0.1, -0.05) is 0 Å². The first-order valence-electron chi connectivity index (χ1n) is 10.6. The van der Waals surface area contributed by atoms with E-state index in [0.29, 0.717) is 24.5 Å². The Hall–Kier alpha value is -3.34. The number of halogens is 7. The van der Waals surface area contributed by atoms with Gasteiger partial charge in [-0.3, -0.25) is 9.89 Å². The normalized spacial score (nSPS) is 12.4. The number of carbonyl (C=O) groups is 1. The molecule has 0 bridgehead atoms. The summed E-state index contributed by atoms with van der Waals surface area (Å²) in [4.78, 5) is 17.0. The van der Waals surface area contributed by atoms with Crippen LogP contribution < -0.4 is 15.4 Å². The van der Waals surface area contributed by atoms with Crippen LogP contribution in [0.25, 0.3) is 5.57 Å². The molecule has 0 aliphatic rings. The first-order chi connectivity index (χ1) is 18.1. The van der Waals surface area contributed by atoms with Crippen molar-refractivity contribution in [3.05, 3.63) is 65.1 Å². The quantitative estimate of drug-likeness (QED) is 0.169. The highest BCUT2D eigenvalue weighted by molar-refractivity contribution is 7.91. The third kappa shape index (κ3) is 10.4. The van der Waals surface area contributed by atoms with Crippen LogP contribution in [0.3, 0.4) is 0 Å². The van der Waals surface area contributed by atoms with E-state index in [0.717, 1.165) is 42.4 Å². The van der Waals surface area contributed by atoms with Crippen molar-refractivity contribution in [3.8, 4) is 5.75 Å². The Kier molecular flexibility index (Phi) is 12.7. The first-order valence-corrected chi connectivity index (χ1v) is 11.3. The molecule has 2 aromatic carbocycles. The van der Waals surface area contributed by atoms with Gasteiger partial charge in [-0.25, -0.2) is 13.5 Å². The van der Waals surface area contributed by atoms with Gasteiger partial charge < -0.3 is 20.1 Å². The van der Waals surface area contributed by atoms with E-state index >= 15 is 0 Å². The van der Waals surface area contributed by atoms with E-state index < -0.39 is 58.9 Å². The Labute approximate surface area is 223 Å². The summed E-state index contributed by atoms with van der Waals surface area (Å²) >= 11 is 0.713. The smallest absolute Gasteiger partial charge is 0.409 e. The summed E-state index contributed by atoms with van der Waals surface area (Å²) in [7, 11) is 4.64. The Morgan fingerprint density at radius 2 is 1.64 bits per heavy atom. The molecule has 2 aromatic rings. The van der Waals surface area contributed by atoms with Gasteiger partial charge >= 0.3 is 18.4 Å². The molecule has 0 spiro atoms. The lowest BCUT2D eigenvalue weighted by Gasteiger charge is -2.22. The predicted molar refractivity (Wildman–Crippen MR) is 134 cm³/mol. The van der Waals surface area contributed by atoms with Crippen LogP contribution in [0.1, 0.15) is 16.7 Å². The fourth-order valence-corrected chi connectivity index (χ4v) is 2.68. The summed E-state index contributed by atoms with van der Waals surface area (Å²) in [6.45, 7) is -0.667. The number of nitrogens with zero attached hydrogens (tertiary/aromatic N) is 3. The van der Waals surface area contributed by atoms with Gasteiger partial charge in [0.1, 0.15) is 5.82 Å². The monoisotopic (exact) mass is 586 g/mol. The molecule has 0 fully saturated rings. The van der Waals surface area contributed by atoms with E-state index in [1.54, 1.807) is 18.4 Å². The van der Waals surface area contributed by atoms with Gasteiger partial charge in [-0.15, -0.1) is 0 Å². The molecule has 0 saturated carbocycles. The van der Waals surface area contributed by atoms with Crippen LogP contribution in [0.2, 0.25) is 0 Å². The van der Waals surface area contributed by atoms with Gasteiger partial charge in [0.25, 0.3) is 0 Å². The molecule has 0 atom stereocenters. The predicted octanol–water partition coefficient (Wildman–Crippen LogP) is 5.53. The second-order valence-electron chi connectivity index (χ2n) is 7.57. The van der Waals surface area contributed by atoms with Crippen molar-refractivity contribution in [1.82, 2.24) is 4.31 Å². The zero-order chi connectivity index (χ0) is 30.0. The van der Waals surface area contributed by atoms with E-state index in [-0.39, 0.29) is 18.3 Å². The van der Waals surface area contributed by atoms with Crippen molar-refractivity contribution in [2.75, 3.05) is 39.2 Å². The lowest BCUT2D eigenvalue weighted by Crippen LogP contribution is -2.30. The zero-order valence-corrected chi connectivity index (χ0v) is 21.5. The fourth-order valence-electron chi connectivity index (χ4n) is 2.68. The number of nitrogens with two attached hydrogens (primary N) is 1. The Morgan fingerprint density at radius 1 is 1.08 bits per heavy atom. The van der Waals surface area contributed by atoms with Crippen molar-refractivity contribution in [2.24, 2.45) is 10.7 Å². The minimum atomic E-state index is -5.36. The molecule has 4 N–H and O–H groups in total. The van der Waals surface area contributed by atoms with Crippen LogP contribution in [0, 0.1) is 5.82 Å². The topological polar surface area (TPSA) is 112 Å². The number of aliphatic hydroxyl groups excluding tert-OH is 1. The molecule has 2 rings (SSSR count). The van der Waals surface area contributed by atoms with E-state index in [9.17, 15) is 35.5 Å². The van der Waals surface area contributed by atoms with Gasteiger partial charge in [0, 0.05) is 36.3 Å². The van der Waals surface area contributed by atoms with Crippen LogP contribution in [0.4, 0.5) is 41.2 Å². The van der Waals surface area contributed by atoms with Crippen molar-refractivity contribution in [1.29, 1.82) is 0 Å². The number of aliphatic imine (C=N–C) groups is 1. The second kappa shape index (κ2) is 14.7. The molecular weight excluding hydrogens is 561 g/mol. The van der Waals surface area contributed by atoms with Crippen LogP contribution in [0.15, 0.2) is 47.6 Å². The Balaban J connectivity index is 0.00000139. The van der Waals surface area contributed by atoms with Gasteiger partial charge in [-0.2, -0.15) is 26.3 Å². The van der Waals surface area contributed by atoms with Crippen LogP contribution in [-0.4, -0.2) is 60.6 Å². The molecule has 1 amide bonds. The summed E-state index contributed by atoms with van der Waals surface area (Å²) in [6, 6.07) is 4.39. The lowest BCUT2D eigenvalue weighted by atomic mass is 9.98. The number of hydrogen-bond donors (Lipinski definition) is 3. The minimum Gasteiger partial charge on any atom is -0.409 e. The number of allylic oxidation sites excluding steroid dienone is 1. The van der Waals surface area contributed by atoms with Gasteiger partial charge in [0.05, 0.1) is 36.5 Å². The summed E-state index contributed by atoms with van der Waals surface area (Å²) in [5, 5.41) is 8.82. The number of hydrogen-bond acceptors (Lipinski definition) is 8. The molecule has 0 saturated heterocycles. The summed E-state index contributed by atoms with van der Waals surface area (Å²) in [5.41, 5.74) is 0.643. The largest absolute Gasteiger partial charge is 0.420 e. The average Bonchev–Trinajstić information content (AvgIpc) is 2.86. The number of ether oxygens (including phenoxy) is 1. The number of amides is 1. The Morgan fingerprint density at radius 3 is 2.08 bits per heavy atom. The zero-order valence-electron chi connectivity index (χ0n) is 20.7. The number of rotatable bonds is 7. The maximum absolute atomic E-state index is 13.8. The molecule has 216 valence electrons. The summed E-state index contributed by atoms with van der Waals surface area (Å²) < 4.78 is 109. The fraction of sp³-hybridized carbons (Fsp3) is 0.304. The molecule has 0 aromatic heterocycles. The van der Waals surface area contributed by atoms with Crippen molar-refractivity contribution in [2.45, 2.75) is 12.4 Å². The van der Waals surface area contributed by atoms with Crippen LogP contribution in [-0.2, 0) is 12.4 Å². The SMILES string of the molecule is CN(C(=O)Oc1c(/C(C=NCCO)=C/N)cc(C(F)(F)F)cc1C(F)(F)F)c1ccc(F)cc1.CN(C)SO. The number of alkyl halides is 6. The highest BCUT2D eigenvalue weighted by atomic mass is 32.2. The number of aliphatic hydroxyl groups is 1. The highest BCUT2D eigenvalue weighted by Crippen LogP contribution is 2.44. The molecular formula is C23H25F7N4O4S.